The van der Waals surface area contributed by atoms with Crippen molar-refractivity contribution < 1.29 is 8.78 Å². The quantitative estimate of drug-likeness (QED) is 0.801. The number of nitrogens with zero attached hydrogens (tertiary/aromatic N) is 2. The fourth-order valence-electron chi connectivity index (χ4n) is 1.54. The first kappa shape index (κ1) is 10.3. The second-order valence-corrected chi connectivity index (χ2v) is 3.19. The molecule has 0 spiro atoms. The van der Waals surface area contributed by atoms with Gasteiger partial charge in [-0.15, -0.1) is 0 Å². The lowest BCUT2D eigenvalue weighted by atomic mass is 10.1. The van der Waals surface area contributed by atoms with Crippen molar-refractivity contribution >= 4 is 16.6 Å². The number of pyridine rings is 1. The summed E-state index contributed by atoms with van der Waals surface area (Å²) >= 11 is 0. The van der Waals surface area contributed by atoms with Crippen molar-refractivity contribution in [2.24, 2.45) is 0 Å². The molecular formula is C11H7F2N3. The maximum Gasteiger partial charge on any atom is 0.161 e. The zero-order valence-electron chi connectivity index (χ0n) is 8.38. The Balaban J connectivity index is 2.88. The fraction of sp³-hybridized carbons (Fsp3) is 0.0909. The molecule has 1 aromatic carbocycles. The van der Waals surface area contributed by atoms with Crippen LogP contribution in [-0.4, -0.2) is 12.0 Å². The number of hydrogen-bond acceptors (Lipinski definition) is 3. The first-order chi connectivity index (χ1) is 7.67. The highest BCUT2D eigenvalue weighted by Gasteiger charge is 2.11. The lowest BCUT2D eigenvalue weighted by Gasteiger charge is -2.07. The predicted octanol–water partition coefficient (Wildman–Crippen LogP) is 2.43. The van der Waals surface area contributed by atoms with Crippen molar-refractivity contribution in [3.05, 3.63) is 35.5 Å². The molecule has 2 aromatic rings. The van der Waals surface area contributed by atoms with Gasteiger partial charge < -0.3 is 5.32 Å². The van der Waals surface area contributed by atoms with Gasteiger partial charge in [0.1, 0.15) is 6.07 Å². The number of rotatable bonds is 1. The van der Waals surface area contributed by atoms with Crippen LogP contribution in [0, 0.1) is 23.0 Å². The molecule has 3 nitrogen and oxygen atoms in total. The molecule has 0 saturated carbocycles. The molecule has 0 bridgehead atoms. The molecule has 80 valence electrons. The Hall–Kier alpha value is -2.22. The van der Waals surface area contributed by atoms with Gasteiger partial charge in [0.15, 0.2) is 11.6 Å². The Morgan fingerprint density at radius 3 is 2.62 bits per heavy atom. The van der Waals surface area contributed by atoms with Crippen molar-refractivity contribution in [1.82, 2.24) is 4.98 Å². The maximum absolute atomic E-state index is 13.1. The van der Waals surface area contributed by atoms with E-state index < -0.39 is 11.6 Å². The van der Waals surface area contributed by atoms with Crippen LogP contribution in [0.1, 0.15) is 5.56 Å². The van der Waals surface area contributed by atoms with Crippen molar-refractivity contribution in [3.63, 3.8) is 0 Å². The Kier molecular flexibility index (Phi) is 2.41. The summed E-state index contributed by atoms with van der Waals surface area (Å²) in [6, 6.07) is 3.97. The molecule has 0 aliphatic rings. The van der Waals surface area contributed by atoms with Gasteiger partial charge in [-0.2, -0.15) is 5.26 Å². The molecule has 2 rings (SSSR count). The van der Waals surface area contributed by atoms with E-state index in [0.29, 0.717) is 22.2 Å². The van der Waals surface area contributed by atoms with E-state index in [0.717, 1.165) is 12.1 Å². The first-order valence-electron chi connectivity index (χ1n) is 4.53. The normalized spacial score (nSPS) is 10.1. The van der Waals surface area contributed by atoms with Crippen LogP contribution in [0.4, 0.5) is 14.5 Å². The first-order valence-corrected chi connectivity index (χ1v) is 4.53. The average molecular weight is 219 g/mol. The third kappa shape index (κ3) is 1.44. The predicted molar refractivity (Wildman–Crippen MR) is 55.9 cm³/mol. The third-order valence-electron chi connectivity index (χ3n) is 2.28. The van der Waals surface area contributed by atoms with E-state index in [1.165, 1.54) is 6.20 Å². The number of aromatic nitrogens is 1. The highest BCUT2D eigenvalue weighted by Crippen LogP contribution is 2.26. The van der Waals surface area contributed by atoms with E-state index in [9.17, 15) is 8.78 Å². The van der Waals surface area contributed by atoms with Crippen LogP contribution in [0.5, 0.6) is 0 Å². The van der Waals surface area contributed by atoms with Crippen molar-refractivity contribution in [3.8, 4) is 6.07 Å². The summed E-state index contributed by atoms with van der Waals surface area (Å²) < 4.78 is 26.1. The molecule has 0 atom stereocenters. The van der Waals surface area contributed by atoms with E-state index in [4.69, 9.17) is 5.26 Å². The molecule has 1 aromatic heterocycles. The highest BCUT2D eigenvalue weighted by molar-refractivity contribution is 5.93. The third-order valence-corrected chi connectivity index (χ3v) is 2.28. The summed E-state index contributed by atoms with van der Waals surface area (Å²) in [5, 5.41) is 12.0. The fourth-order valence-corrected chi connectivity index (χ4v) is 1.54. The van der Waals surface area contributed by atoms with Gasteiger partial charge in [0.05, 0.1) is 16.8 Å². The minimum absolute atomic E-state index is 0.293. The minimum atomic E-state index is -0.958. The SMILES string of the molecule is CNc1c(C#N)cnc2cc(F)c(F)cc12. The Bertz CT molecular complexity index is 602. The largest absolute Gasteiger partial charge is 0.386 e. The highest BCUT2D eigenvalue weighted by atomic mass is 19.2. The summed E-state index contributed by atoms with van der Waals surface area (Å²) in [5.74, 6) is -1.91. The molecule has 0 unspecified atom stereocenters. The molecule has 0 aliphatic carbocycles. The standard InChI is InChI=1S/C11H7F2N3/c1-15-11-6(4-14)5-16-10-3-9(13)8(12)2-7(10)11/h2-3,5H,1H3,(H,15,16). The van der Waals surface area contributed by atoms with Crippen LogP contribution in [0.2, 0.25) is 0 Å². The molecule has 0 saturated heterocycles. The van der Waals surface area contributed by atoms with Crippen LogP contribution < -0.4 is 5.32 Å². The number of anilines is 1. The smallest absolute Gasteiger partial charge is 0.161 e. The monoisotopic (exact) mass is 219 g/mol. The Morgan fingerprint density at radius 1 is 1.31 bits per heavy atom. The van der Waals surface area contributed by atoms with Crippen LogP contribution in [0.3, 0.4) is 0 Å². The topological polar surface area (TPSA) is 48.7 Å². The van der Waals surface area contributed by atoms with Crippen LogP contribution >= 0.6 is 0 Å². The molecule has 0 aliphatic heterocycles. The summed E-state index contributed by atoms with van der Waals surface area (Å²) in [6.07, 6.45) is 1.32. The molecule has 1 heterocycles. The molecule has 0 fully saturated rings. The molecule has 16 heavy (non-hydrogen) atoms. The number of hydrogen-bond donors (Lipinski definition) is 1. The average Bonchev–Trinajstić information content (AvgIpc) is 2.29. The van der Waals surface area contributed by atoms with Crippen LogP contribution in [0.15, 0.2) is 18.3 Å². The number of fused-ring (bicyclic) bond motifs is 1. The summed E-state index contributed by atoms with van der Waals surface area (Å²) in [6.45, 7) is 0. The second kappa shape index (κ2) is 3.74. The van der Waals surface area contributed by atoms with Gasteiger partial charge >= 0.3 is 0 Å². The zero-order valence-corrected chi connectivity index (χ0v) is 8.38. The van der Waals surface area contributed by atoms with Gasteiger partial charge in [-0.25, -0.2) is 8.78 Å². The Labute approximate surface area is 90.3 Å². The van der Waals surface area contributed by atoms with Gasteiger partial charge in [-0.3, -0.25) is 4.98 Å². The van der Waals surface area contributed by atoms with Gasteiger partial charge in [0, 0.05) is 24.7 Å². The van der Waals surface area contributed by atoms with Crippen LogP contribution in [0.25, 0.3) is 10.9 Å². The molecule has 5 heteroatoms. The van der Waals surface area contributed by atoms with E-state index in [1.807, 2.05) is 6.07 Å². The number of benzene rings is 1. The zero-order chi connectivity index (χ0) is 11.7. The van der Waals surface area contributed by atoms with Gasteiger partial charge in [0.25, 0.3) is 0 Å². The number of halogens is 2. The number of nitriles is 1. The van der Waals surface area contributed by atoms with Crippen molar-refractivity contribution in [1.29, 1.82) is 5.26 Å². The van der Waals surface area contributed by atoms with Gasteiger partial charge in [-0.05, 0) is 6.07 Å². The van der Waals surface area contributed by atoms with E-state index in [1.54, 1.807) is 7.05 Å². The van der Waals surface area contributed by atoms with Crippen molar-refractivity contribution in [2.45, 2.75) is 0 Å². The summed E-state index contributed by atoms with van der Waals surface area (Å²) in [7, 11) is 1.61. The van der Waals surface area contributed by atoms with Crippen LogP contribution in [-0.2, 0) is 0 Å². The molecular weight excluding hydrogens is 212 g/mol. The second-order valence-electron chi connectivity index (χ2n) is 3.19. The Morgan fingerprint density at radius 2 is 2.00 bits per heavy atom. The van der Waals surface area contributed by atoms with E-state index in [-0.39, 0.29) is 0 Å². The summed E-state index contributed by atoms with van der Waals surface area (Å²) in [5.41, 5.74) is 1.05. The minimum Gasteiger partial charge on any atom is -0.386 e. The van der Waals surface area contributed by atoms with Crippen molar-refractivity contribution in [2.75, 3.05) is 12.4 Å². The maximum atomic E-state index is 13.1. The molecule has 0 radical (unpaired) electrons. The summed E-state index contributed by atoms with van der Waals surface area (Å²) in [4.78, 5) is 3.89. The lowest BCUT2D eigenvalue weighted by molar-refractivity contribution is 0.510. The number of nitrogens with one attached hydrogen (secondary N) is 1. The van der Waals surface area contributed by atoms with E-state index >= 15 is 0 Å². The molecule has 1 N–H and O–H groups in total. The van der Waals surface area contributed by atoms with Gasteiger partial charge in [-0.1, -0.05) is 0 Å². The lowest BCUT2D eigenvalue weighted by Crippen LogP contribution is -1.97. The van der Waals surface area contributed by atoms with Gasteiger partial charge in [0.2, 0.25) is 0 Å². The molecule has 0 amide bonds. The van der Waals surface area contributed by atoms with E-state index in [2.05, 4.69) is 10.3 Å².